The fourth-order valence-electron chi connectivity index (χ4n) is 4.61. The molecule has 10 heteroatoms. The summed E-state index contributed by atoms with van der Waals surface area (Å²) >= 11 is 6.52. The van der Waals surface area contributed by atoms with Crippen molar-refractivity contribution in [1.29, 1.82) is 10.5 Å². The molecule has 1 aliphatic carbocycles. The summed E-state index contributed by atoms with van der Waals surface area (Å²) in [7, 11) is 0. The number of nitriles is 2. The van der Waals surface area contributed by atoms with E-state index in [4.69, 9.17) is 11.6 Å². The fourth-order valence-corrected chi connectivity index (χ4v) is 4.85. The number of hydrogen-bond donors (Lipinski definition) is 1. The van der Waals surface area contributed by atoms with E-state index in [0.29, 0.717) is 5.56 Å². The lowest BCUT2D eigenvalue weighted by molar-refractivity contribution is -0.127. The summed E-state index contributed by atoms with van der Waals surface area (Å²) in [6, 6.07) is 14.5. The van der Waals surface area contributed by atoms with Crippen molar-refractivity contribution >= 4 is 29.1 Å². The van der Waals surface area contributed by atoms with Gasteiger partial charge in [-0.3, -0.25) is 14.5 Å². The number of hydrogen-bond acceptors (Lipinski definition) is 5. The van der Waals surface area contributed by atoms with E-state index in [9.17, 15) is 24.5 Å². The molecular weight excluding hydrogens is 495 g/mol. The van der Waals surface area contributed by atoms with Gasteiger partial charge in [0.05, 0.1) is 6.33 Å². The highest BCUT2D eigenvalue weighted by Crippen LogP contribution is 2.33. The number of anilines is 1. The van der Waals surface area contributed by atoms with E-state index in [0.717, 1.165) is 38.2 Å². The van der Waals surface area contributed by atoms with Gasteiger partial charge in [0, 0.05) is 22.3 Å². The smallest absolute Gasteiger partial charge is 0.248 e. The van der Waals surface area contributed by atoms with E-state index in [1.807, 2.05) is 12.1 Å². The minimum absolute atomic E-state index is 0.0484. The Morgan fingerprint density at radius 2 is 1.89 bits per heavy atom. The minimum atomic E-state index is -1.21. The van der Waals surface area contributed by atoms with Crippen molar-refractivity contribution in [3.63, 3.8) is 0 Å². The summed E-state index contributed by atoms with van der Waals surface area (Å²) in [6.07, 6.45) is 5.95. The van der Waals surface area contributed by atoms with Gasteiger partial charge in [0.25, 0.3) is 0 Å². The number of carbonyl (C=O) groups excluding carboxylic acids is 2. The molecule has 0 bridgehead atoms. The topological polar surface area (TPSA) is 115 Å². The molecule has 37 heavy (non-hydrogen) atoms. The van der Waals surface area contributed by atoms with Crippen LogP contribution in [0.25, 0.3) is 0 Å². The molecule has 0 spiro atoms. The Hall–Kier alpha value is -4.21. The molecule has 3 aromatic rings. The number of amides is 2. The zero-order chi connectivity index (χ0) is 26.4. The molecule has 1 N–H and O–H groups in total. The first-order valence-electron chi connectivity index (χ1n) is 11.9. The monoisotopic (exact) mass is 518 g/mol. The molecule has 1 heterocycles. The zero-order valence-electron chi connectivity index (χ0n) is 19.9. The number of benzene rings is 2. The first kappa shape index (κ1) is 25.9. The van der Waals surface area contributed by atoms with Crippen LogP contribution in [0.3, 0.4) is 0 Å². The maximum Gasteiger partial charge on any atom is 0.248 e. The van der Waals surface area contributed by atoms with Gasteiger partial charge in [-0.1, -0.05) is 55.1 Å². The molecule has 1 aromatic heterocycles. The second kappa shape index (κ2) is 11.7. The van der Waals surface area contributed by atoms with Gasteiger partial charge in [0.2, 0.25) is 11.8 Å². The number of halogens is 2. The van der Waals surface area contributed by atoms with E-state index in [-0.39, 0.29) is 28.1 Å². The summed E-state index contributed by atoms with van der Waals surface area (Å²) < 4.78 is 15.6. The van der Waals surface area contributed by atoms with Gasteiger partial charge in [-0.15, -0.1) is 0 Å². The minimum Gasteiger partial charge on any atom is -0.351 e. The van der Waals surface area contributed by atoms with Gasteiger partial charge < -0.3 is 9.88 Å². The third kappa shape index (κ3) is 5.79. The number of imidazole rings is 1. The van der Waals surface area contributed by atoms with E-state index < -0.39 is 30.2 Å². The van der Waals surface area contributed by atoms with Crippen LogP contribution in [0.2, 0.25) is 5.02 Å². The highest BCUT2D eigenvalue weighted by atomic mass is 35.5. The predicted octanol–water partition coefficient (Wildman–Crippen LogP) is 4.64. The molecule has 0 radical (unpaired) electrons. The lowest BCUT2D eigenvalue weighted by atomic mass is 9.94. The van der Waals surface area contributed by atoms with Crippen LogP contribution < -0.4 is 10.2 Å². The van der Waals surface area contributed by atoms with Crippen LogP contribution in [0, 0.1) is 28.5 Å². The second-order valence-electron chi connectivity index (χ2n) is 8.80. The molecule has 0 saturated heterocycles. The quantitative estimate of drug-likeness (QED) is 0.489. The average molecular weight is 519 g/mol. The van der Waals surface area contributed by atoms with E-state index in [1.54, 1.807) is 24.3 Å². The predicted molar refractivity (Wildman–Crippen MR) is 135 cm³/mol. The van der Waals surface area contributed by atoms with Crippen LogP contribution in [-0.2, 0) is 16.1 Å². The highest BCUT2D eigenvalue weighted by Gasteiger charge is 2.35. The molecule has 1 fully saturated rings. The van der Waals surface area contributed by atoms with E-state index >= 15 is 0 Å². The summed E-state index contributed by atoms with van der Waals surface area (Å²) in [5.41, 5.74) is 0.313. The van der Waals surface area contributed by atoms with E-state index in [2.05, 4.69) is 10.3 Å². The highest BCUT2D eigenvalue weighted by molar-refractivity contribution is 6.31. The number of nitrogens with zero attached hydrogens (tertiary/aromatic N) is 5. The van der Waals surface area contributed by atoms with Crippen LogP contribution in [0.15, 0.2) is 54.9 Å². The first-order chi connectivity index (χ1) is 17.9. The molecule has 8 nitrogen and oxygen atoms in total. The van der Waals surface area contributed by atoms with Crippen LogP contribution in [0.1, 0.15) is 55.1 Å². The number of rotatable bonds is 7. The van der Waals surface area contributed by atoms with Crippen molar-refractivity contribution < 1.29 is 14.0 Å². The molecule has 188 valence electrons. The largest absolute Gasteiger partial charge is 0.351 e. The standard InChI is InChI=1S/C27H24ClFN6O2/c28-22-12-5-4-11-21(22)26(27(37)33-19-8-2-1-3-9-19)35(20-10-6-7-18(29)13-20)25(36)16-34-17-32-23(14-30)24(34)15-31/h4-7,10-13,17,19,26H,1-3,8-9,16H2,(H,33,37). The lowest BCUT2D eigenvalue weighted by Gasteiger charge is -2.34. The number of carbonyl (C=O) groups is 2. The Balaban J connectivity index is 1.80. The Kier molecular flexibility index (Phi) is 8.17. The lowest BCUT2D eigenvalue weighted by Crippen LogP contribution is -2.48. The maximum atomic E-state index is 14.3. The van der Waals surface area contributed by atoms with Gasteiger partial charge in [0.15, 0.2) is 11.4 Å². The Morgan fingerprint density at radius 3 is 2.57 bits per heavy atom. The van der Waals surface area contributed by atoms with Crippen LogP contribution >= 0.6 is 11.6 Å². The molecule has 2 amide bonds. The van der Waals surface area contributed by atoms with Gasteiger partial charge in [-0.2, -0.15) is 10.5 Å². The van der Waals surface area contributed by atoms with Crippen molar-refractivity contribution in [1.82, 2.24) is 14.9 Å². The maximum absolute atomic E-state index is 14.3. The van der Waals surface area contributed by atoms with Gasteiger partial charge >= 0.3 is 0 Å². The molecule has 1 saturated carbocycles. The number of aromatic nitrogens is 2. The van der Waals surface area contributed by atoms with Crippen molar-refractivity contribution in [3.05, 3.63) is 82.6 Å². The molecular formula is C27H24ClFN6O2. The molecule has 1 atom stereocenters. The van der Waals surface area contributed by atoms with Crippen molar-refractivity contribution in [2.45, 2.75) is 50.7 Å². The summed E-state index contributed by atoms with van der Waals surface area (Å²) in [4.78, 5) is 32.7. The van der Waals surface area contributed by atoms with Gasteiger partial charge in [-0.25, -0.2) is 9.37 Å². The summed E-state index contributed by atoms with van der Waals surface area (Å²) in [6.45, 7) is -0.411. The molecule has 1 unspecified atom stereocenters. The summed E-state index contributed by atoms with van der Waals surface area (Å²) in [5, 5.41) is 22.1. The first-order valence-corrected chi connectivity index (χ1v) is 12.3. The van der Waals surface area contributed by atoms with Crippen molar-refractivity contribution in [2.75, 3.05) is 4.90 Å². The molecule has 4 rings (SSSR count). The Labute approximate surface area is 218 Å². The Bertz CT molecular complexity index is 1390. The molecule has 1 aliphatic rings. The normalized spacial score (nSPS) is 14.3. The third-order valence-corrected chi connectivity index (χ3v) is 6.71. The van der Waals surface area contributed by atoms with Gasteiger partial charge in [0.1, 0.15) is 30.5 Å². The zero-order valence-corrected chi connectivity index (χ0v) is 20.7. The van der Waals surface area contributed by atoms with Gasteiger partial charge in [-0.05, 0) is 37.1 Å². The Morgan fingerprint density at radius 1 is 1.14 bits per heavy atom. The van der Waals surface area contributed by atoms with Crippen molar-refractivity contribution in [2.24, 2.45) is 0 Å². The van der Waals surface area contributed by atoms with Crippen LogP contribution in [0.4, 0.5) is 10.1 Å². The molecule has 0 aliphatic heterocycles. The molecule has 2 aromatic carbocycles. The summed E-state index contributed by atoms with van der Waals surface area (Å²) in [5.74, 6) is -1.65. The third-order valence-electron chi connectivity index (χ3n) is 6.37. The van der Waals surface area contributed by atoms with Crippen LogP contribution in [0.5, 0.6) is 0 Å². The second-order valence-corrected chi connectivity index (χ2v) is 9.21. The number of nitrogens with one attached hydrogen (secondary N) is 1. The van der Waals surface area contributed by atoms with Crippen molar-refractivity contribution in [3.8, 4) is 12.1 Å². The van der Waals surface area contributed by atoms with E-state index in [1.165, 1.54) is 34.0 Å². The SMILES string of the molecule is N#Cc1ncn(CC(=O)N(c2cccc(F)c2)C(C(=O)NC2CCCCC2)c2ccccc2Cl)c1C#N. The van der Waals surface area contributed by atoms with Crippen LogP contribution in [-0.4, -0.2) is 27.4 Å². The average Bonchev–Trinajstić information content (AvgIpc) is 3.29. The fraction of sp³-hybridized carbons (Fsp3) is 0.296.